The lowest BCUT2D eigenvalue weighted by atomic mass is 10.3. The maximum Gasteiger partial charge on any atom is 0.244 e. The van der Waals surface area contributed by atoms with Gasteiger partial charge in [-0.1, -0.05) is 0 Å². The van der Waals surface area contributed by atoms with Gasteiger partial charge in [0, 0.05) is 36.9 Å². The molecule has 19 heavy (non-hydrogen) atoms. The van der Waals surface area contributed by atoms with E-state index in [9.17, 15) is 4.79 Å². The molecular formula is C13H16N4OS. The average molecular weight is 276 g/mol. The van der Waals surface area contributed by atoms with E-state index in [-0.39, 0.29) is 5.91 Å². The highest BCUT2D eigenvalue weighted by Gasteiger charge is 1.97. The van der Waals surface area contributed by atoms with Gasteiger partial charge in [-0.25, -0.2) is 4.98 Å². The molecule has 0 saturated heterocycles. The second-order valence-electron chi connectivity index (χ2n) is 4.04. The van der Waals surface area contributed by atoms with E-state index in [2.05, 4.69) is 15.4 Å². The van der Waals surface area contributed by atoms with Gasteiger partial charge >= 0.3 is 0 Å². The highest BCUT2D eigenvalue weighted by molar-refractivity contribution is 7.09. The summed E-state index contributed by atoms with van der Waals surface area (Å²) < 4.78 is 1.85. The first-order chi connectivity index (χ1) is 9.24. The van der Waals surface area contributed by atoms with Crippen molar-refractivity contribution >= 4 is 23.3 Å². The lowest BCUT2D eigenvalue weighted by Gasteiger charge is -2.02. The third kappa shape index (κ3) is 4.67. The number of rotatable bonds is 6. The van der Waals surface area contributed by atoms with Crippen LogP contribution in [0.5, 0.6) is 0 Å². The summed E-state index contributed by atoms with van der Waals surface area (Å²) in [5, 5.41) is 9.85. The monoisotopic (exact) mass is 276 g/mol. The topological polar surface area (TPSA) is 59.8 Å². The molecule has 0 unspecified atom stereocenters. The molecule has 0 aromatic carbocycles. The number of carbonyl (C=O) groups is 1. The molecule has 2 heterocycles. The minimum atomic E-state index is -0.0916. The Morgan fingerprint density at radius 2 is 2.47 bits per heavy atom. The second kappa shape index (κ2) is 6.84. The zero-order valence-electron chi connectivity index (χ0n) is 10.7. The Balaban J connectivity index is 1.66. The molecule has 0 aliphatic rings. The molecule has 2 aromatic rings. The molecule has 0 aliphatic heterocycles. The molecule has 1 amide bonds. The third-order valence-electron chi connectivity index (χ3n) is 2.46. The number of hydrogen-bond acceptors (Lipinski definition) is 4. The summed E-state index contributed by atoms with van der Waals surface area (Å²) in [6, 6.07) is 1.89. The molecule has 5 nitrogen and oxygen atoms in total. The third-order valence-corrected chi connectivity index (χ3v) is 3.26. The second-order valence-corrected chi connectivity index (χ2v) is 5.10. The minimum absolute atomic E-state index is 0.0916. The van der Waals surface area contributed by atoms with E-state index in [1.807, 2.05) is 29.2 Å². The van der Waals surface area contributed by atoms with Crippen LogP contribution in [0.15, 0.2) is 29.9 Å². The van der Waals surface area contributed by atoms with Crippen LogP contribution in [0.4, 0.5) is 0 Å². The molecule has 100 valence electrons. The Bertz CT molecular complexity index is 545. The van der Waals surface area contributed by atoms with Crippen molar-refractivity contribution in [3.63, 3.8) is 0 Å². The average Bonchev–Trinajstić information content (AvgIpc) is 3.03. The quantitative estimate of drug-likeness (QED) is 0.647. The number of aryl methyl sites for hydroxylation is 2. The van der Waals surface area contributed by atoms with Gasteiger partial charge in [-0.3, -0.25) is 9.48 Å². The zero-order valence-corrected chi connectivity index (χ0v) is 11.6. The van der Waals surface area contributed by atoms with Gasteiger partial charge in [-0.05, 0) is 25.5 Å². The van der Waals surface area contributed by atoms with Crippen molar-refractivity contribution in [1.29, 1.82) is 0 Å². The SMILES string of the molecule is Cc1nc(/C=C/C(=O)NCCCn2cccn2)cs1. The number of amides is 1. The fourth-order valence-electron chi connectivity index (χ4n) is 1.56. The van der Waals surface area contributed by atoms with E-state index in [4.69, 9.17) is 0 Å². The van der Waals surface area contributed by atoms with Gasteiger partial charge in [0.1, 0.15) is 0 Å². The molecule has 0 spiro atoms. The number of nitrogens with zero attached hydrogens (tertiary/aromatic N) is 3. The first-order valence-corrected chi connectivity index (χ1v) is 6.97. The Labute approximate surface area is 116 Å². The highest BCUT2D eigenvalue weighted by atomic mass is 32.1. The first kappa shape index (κ1) is 13.5. The predicted octanol–water partition coefficient (Wildman–Crippen LogP) is 1.87. The van der Waals surface area contributed by atoms with Crippen LogP contribution in [-0.4, -0.2) is 27.2 Å². The fourth-order valence-corrected chi connectivity index (χ4v) is 2.14. The van der Waals surface area contributed by atoms with Gasteiger partial charge in [0.15, 0.2) is 0 Å². The van der Waals surface area contributed by atoms with Gasteiger partial charge < -0.3 is 5.32 Å². The van der Waals surface area contributed by atoms with Crippen LogP contribution in [0.25, 0.3) is 6.08 Å². The largest absolute Gasteiger partial charge is 0.352 e. The van der Waals surface area contributed by atoms with Crippen molar-refractivity contribution in [2.24, 2.45) is 0 Å². The Hall–Kier alpha value is -1.95. The lowest BCUT2D eigenvalue weighted by Crippen LogP contribution is -2.23. The minimum Gasteiger partial charge on any atom is -0.352 e. The number of thiazole rings is 1. The van der Waals surface area contributed by atoms with Crippen LogP contribution < -0.4 is 5.32 Å². The van der Waals surface area contributed by atoms with E-state index in [0.717, 1.165) is 23.7 Å². The molecule has 0 radical (unpaired) electrons. The Kier molecular flexibility index (Phi) is 4.85. The molecule has 0 saturated carbocycles. The molecule has 1 N–H and O–H groups in total. The van der Waals surface area contributed by atoms with E-state index in [1.54, 1.807) is 23.6 Å². The lowest BCUT2D eigenvalue weighted by molar-refractivity contribution is -0.116. The fraction of sp³-hybridized carbons (Fsp3) is 0.308. The predicted molar refractivity (Wildman–Crippen MR) is 75.7 cm³/mol. The van der Waals surface area contributed by atoms with Crippen LogP contribution >= 0.6 is 11.3 Å². The van der Waals surface area contributed by atoms with Crippen molar-refractivity contribution in [1.82, 2.24) is 20.1 Å². The molecule has 2 aromatic heterocycles. The van der Waals surface area contributed by atoms with Crippen LogP contribution in [0.1, 0.15) is 17.1 Å². The normalized spacial score (nSPS) is 11.0. The zero-order chi connectivity index (χ0) is 13.5. The van der Waals surface area contributed by atoms with Gasteiger partial charge in [-0.15, -0.1) is 11.3 Å². The smallest absolute Gasteiger partial charge is 0.244 e. The van der Waals surface area contributed by atoms with Crippen molar-refractivity contribution < 1.29 is 4.79 Å². The summed E-state index contributed by atoms with van der Waals surface area (Å²) in [4.78, 5) is 15.8. The van der Waals surface area contributed by atoms with Crippen molar-refractivity contribution in [3.8, 4) is 0 Å². The summed E-state index contributed by atoms with van der Waals surface area (Å²) in [5.74, 6) is -0.0916. The molecule has 0 atom stereocenters. The molecule has 0 aliphatic carbocycles. The van der Waals surface area contributed by atoms with Crippen LogP contribution in [0, 0.1) is 6.92 Å². The Morgan fingerprint density at radius 3 is 3.16 bits per heavy atom. The van der Waals surface area contributed by atoms with Crippen molar-refractivity contribution in [2.45, 2.75) is 19.9 Å². The first-order valence-electron chi connectivity index (χ1n) is 6.09. The van der Waals surface area contributed by atoms with E-state index in [1.165, 1.54) is 6.08 Å². The standard InChI is InChI=1S/C13H16N4OS/c1-11-16-12(10-19-11)4-5-13(18)14-6-2-8-17-9-3-7-15-17/h3-5,7,9-10H,2,6,8H2,1H3,(H,14,18)/b5-4+. The highest BCUT2D eigenvalue weighted by Crippen LogP contribution is 2.08. The summed E-state index contributed by atoms with van der Waals surface area (Å²) in [6.07, 6.45) is 7.76. The summed E-state index contributed by atoms with van der Waals surface area (Å²) in [7, 11) is 0. The molecule has 0 bridgehead atoms. The van der Waals surface area contributed by atoms with E-state index < -0.39 is 0 Å². The van der Waals surface area contributed by atoms with Crippen LogP contribution in [0.3, 0.4) is 0 Å². The van der Waals surface area contributed by atoms with Gasteiger partial charge in [-0.2, -0.15) is 5.10 Å². The van der Waals surface area contributed by atoms with Gasteiger partial charge in [0.05, 0.1) is 10.7 Å². The van der Waals surface area contributed by atoms with E-state index >= 15 is 0 Å². The summed E-state index contributed by atoms with van der Waals surface area (Å²) in [6.45, 7) is 3.39. The van der Waals surface area contributed by atoms with Crippen LogP contribution in [0.2, 0.25) is 0 Å². The maximum atomic E-state index is 11.5. The van der Waals surface area contributed by atoms with Crippen molar-refractivity contribution in [2.75, 3.05) is 6.54 Å². The number of nitrogens with one attached hydrogen (secondary N) is 1. The molecule has 0 fully saturated rings. The number of carbonyl (C=O) groups excluding carboxylic acids is 1. The summed E-state index contributed by atoms with van der Waals surface area (Å²) >= 11 is 1.57. The molecular weight excluding hydrogens is 260 g/mol. The number of aromatic nitrogens is 3. The van der Waals surface area contributed by atoms with Crippen molar-refractivity contribution in [3.05, 3.63) is 40.6 Å². The van der Waals surface area contributed by atoms with E-state index in [0.29, 0.717) is 6.54 Å². The van der Waals surface area contributed by atoms with Crippen LogP contribution in [-0.2, 0) is 11.3 Å². The number of hydrogen-bond donors (Lipinski definition) is 1. The Morgan fingerprint density at radius 1 is 1.58 bits per heavy atom. The van der Waals surface area contributed by atoms with Gasteiger partial charge in [0.25, 0.3) is 0 Å². The maximum absolute atomic E-state index is 11.5. The van der Waals surface area contributed by atoms with Gasteiger partial charge in [0.2, 0.25) is 5.91 Å². The molecule has 6 heteroatoms. The molecule has 2 rings (SSSR count). The summed E-state index contributed by atoms with van der Waals surface area (Å²) in [5.41, 5.74) is 0.828.